The molecule has 0 aromatic heterocycles. The SMILES string of the molecule is CC(C)(CNN1CCOCC1)C(=O)O. The quantitative estimate of drug-likeness (QED) is 0.668. The van der Waals surface area contributed by atoms with Crippen LogP contribution in [0.15, 0.2) is 0 Å². The molecule has 1 aliphatic heterocycles. The molecule has 1 heterocycles. The largest absolute Gasteiger partial charge is 0.481 e. The van der Waals surface area contributed by atoms with Crippen molar-refractivity contribution in [1.29, 1.82) is 0 Å². The number of carboxylic acids is 1. The first kappa shape index (κ1) is 11.4. The van der Waals surface area contributed by atoms with Gasteiger partial charge in [-0.2, -0.15) is 0 Å². The fraction of sp³-hybridized carbons (Fsp3) is 0.889. The Balaban J connectivity index is 2.28. The summed E-state index contributed by atoms with van der Waals surface area (Å²) in [5.41, 5.74) is 2.39. The summed E-state index contributed by atoms with van der Waals surface area (Å²) >= 11 is 0. The van der Waals surface area contributed by atoms with Gasteiger partial charge in [-0.1, -0.05) is 0 Å². The summed E-state index contributed by atoms with van der Waals surface area (Å²) in [7, 11) is 0. The molecular formula is C9H18N2O3. The Kier molecular flexibility index (Phi) is 3.86. The Morgan fingerprint density at radius 3 is 2.57 bits per heavy atom. The lowest BCUT2D eigenvalue weighted by molar-refractivity contribution is -0.147. The number of ether oxygens (including phenoxy) is 1. The zero-order valence-corrected chi connectivity index (χ0v) is 8.75. The van der Waals surface area contributed by atoms with E-state index in [0.717, 1.165) is 13.1 Å². The molecule has 1 rings (SSSR count). The summed E-state index contributed by atoms with van der Waals surface area (Å²) in [6, 6.07) is 0. The summed E-state index contributed by atoms with van der Waals surface area (Å²) in [6.07, 6.45) is 0. The minimum atomic E-state index is -0.779. The number of morpholine rings is 1. The predicted octanol–water partition coefficient (Wildman–Crippen LogP) is -0.0660. The third-order valence-electron chi connectivity index (χ3n) is 2.33. The van der Waals surface area contributed by atoms with Crippen LogP contribution < -0.4 is 5.43 Å². The van der Waals surface area contributed by atoms with Crippen molar-refractivity contribution in [3.05, 3.63) is 0 Å². The molecule has 0 atom stereocenters. The summed E-state index contributed by atoms with van der Waals surface area (Å²) in [4.78, 5) is 10.8. The van der Waals surface area contributed by atoms with Gasteiger partial charge in [-0.15, -0.1) is 0 Å². The van der Waals surface area contributed by atoms with E-state index >= 15 is 0 Å². The molecule has 0 aromatic rings. The van der Waals surface area contributed by atoms with Crippen LogP contribution in [-0.4, -0.2) is 48.9 Å². The molecule has 0 radical (unpaired) electrons. The van der Waals surface area contributed by atoms with Gasteiger partial charge in [0.25, 0.3) is 0 Å². The number of hydrogen-bond donors (Lipinski definition) is 2. The van der Waals surface area contributed by atoms with Gasteiger partial charge in [-0.25, -0.2) is 5.01 Å². The molecule has 1 fully saturated rings. The number of carbonyl (C=O) groups is 1. The number of rotatable bonds is 4. The van der Waals surface area contributed by atoms with Gasteiger partial charge in [0.2, 0.25) is 0 Å². The van der Waals surface area contributed by atoms with Crippen LogP contribution in [0.5, 0.6) is 0 Å². The van der Waals surface area contributed by atoms with Gasteiger partial charge in [0.1, 0.15) is 0 Å². The number of nitrogens with zero attached hydrogens (tertiary/aromatic N) is 1. The highest BCUT2D eigenvalue weighted by atomic mass is 16.5. The molecule has 1 aliphatic rings. The molecule has 1 saturated heterocycles. The Morgan fingerprint density at radius 1 is 1.50 bits per heavy atom. The average Bonchev–Trinajstić information content (AvgIpc) is 2.16. The Labute approximate surface area is 84.0 Å². The fourth-order valence-electron chi connectivity index (χ4n) is 1.11. The van der Waals surface area contributed by atoms with Crippen molar-refractivity contribution in [3.8, 4) is 0 Å². The standard InChI is InChI=1S/C9H18N2O3/c1-9(2,8(12)13)7-10-11-3-5-14-6-4-11/h10H,3-7H2,1-2H3,(H,12,13). The maximum absolute atomic E-state index is 10.8. The highest BCUT2D eigenvalue weighted by Crippen LogP contribution is 2.13. The molecule has 5 nitrogen and oxygen atoms in total. The van der Waals surface area contributed by atoms with Crippen molar-refractivity contribution in [3.63, 3.8) is 0 Å². The van der Waals surface area contributed by atoms with Crippen molar-refractivity contribution >= 4 is 5.97 Å². The summed E-state index contributed by atoms with van der Waals surface area (Å²) in [5, 5.41) is 10.9. The van der Waals surface area contributed by atoms with Gasteiger partial charge >= 0.3 is 5.97 Å². The smallest absolute Gasteiger partial charge is 0.310 e. The first-order valence-corrected chi connectivity index (χ1v) is 4.82. The van der Waals surface area contributed by atoms with Crippen LogP contribution in [0, 0.1) is 5.41 Å². The van der Waals surface area contributed by atoms with Crippen LogP contribution >= 0.6 is 0 Å². The molecule has 0 amide bonds. The highest BCUT2D eigenvalue weighted by molar-refractivity contribution is 5.73. The van der Waals surface area contributed by atoms with Crippen LogP contribution in [-0.2, 0) is 9.53 Å². The Bertz CT molecular complexity index is 200. The van der Waals surface area contributed by atoms with Gasteiger partial charge in [0.15, 0.2) is 0 Å². The van der Waals surface area contributed by atoms with Gasteiger partial charge in [0.05, 0.1) is 18.6 Å². The molecular weight excluding hydrogens is 184 g/mol. The highest BCUT2D eigenvalue weighted by Gasteiger charge is 2.27. The topological polar surface area (TPSA) is 61.8 Å². The lowest BCUT2D eigenvalue weighted by Gasteiger charge is -2.30. The van der Waals surface area contributed by atoms with Crippen molar-refractivity contribution in [2.24, 2.45) is 5.41 Å². The van der Waals surface area contributed by atoms with Gasteiger partial charge in [-0.05, 0) is 13.8 Å². The zero-order valence-electron chi connectivity index (χ0n) is 8.75. The molecule has 0 bridgehead atoms. The van der Waals surface area contributed by atoms with E-state index in [0.29, 0.717) is 19.8 Å². The second-order valence-corrected chi connectivity index (χ2v) is 4.12. The molecule has 2 N–H and O–H groups in total. The molecule has 14 heavy (non-hydrogen) atoms. The van der Waals surface area contributed by atoms with Crippen LogP contribution in [0.1, 0.15) is 13.8 Å². The van der Waals surface area contributed by atoms with Crippen molar-refractivity contribution in [1.82, 2.24) is 10.4 Å². The number of hydrazine groups is 1. The molecule has 0 aromatic carbocycles. The second-order valence-electron chi connectivity index (χ2n) is 4.12. The van der Waals surface area contributed by atoms with Crippen LogP contribution in [0.3, 0.4) is 0 Å². The van der Waals surface area contributed by atoms with Crippen LogP contribution in [0.2, 0.25) is 0 Å². The lowest BCUT2D eigenvalue weighted by Crippen LogP contribution is -2.50. The number of aliphatic carboxylic acids is 1. The Morgan fingerprint density at radius 2 is 2.07 bits per heavy atom. The second kappa shape index (κ2) is 4.72. The zero-order chi connectivity index (χ0) is 10.6. The van der Waals surface area contributed by atoms with Crippen molar-refractivity contribution in [2.45, 2.75) is 13.8 Å². The van der Waals surface area contributed by atoms with E-state index in [-0.39, 0.29) is 0 Å². The van der Waals surface area contributed by atoms with E-state index in [4.69, 9.17) is 9.84 Å². The molecule has 0 unspecified atom stereocenters. The number of hydrogen-bond acceptors (Lipinski definition) is 4. The summed E-state index contributed by atoms with van der Waals surface area (Å²) in [6.45, 7) is 6.92. The maximum Gasteiger partial charge on any atom is 0.310 e. The van der Waals surface area contributed by atoms with E-state index in [9.17, 15) is 4.79 Å². The minimum Gasteiger partial charge on any atom is -0.481 e. The fourth-order valence-corrected chi connectivity index (χ4v) is 1.11. The van der Waals surface area contributed by atoms with Crippen molar-refractivity contribution < 1.29 is 14.6 Å². The summed E-state index contributed by atoms with van der Waals surface area (Å²) < 4.78 is 5.18. The normalized spacial score (nSPS) is 19.6. The molecule has 0 spiro atoms. The third-order valence-corrected chi connectivity index (χ3v) is 2.33. The van der Waals surface area contributed by atoms with E-state index in [1.54, 1.807) is 13.8 Å². The number of carboxylic acid groups (broad SMARTS) is 1. The predicted molar refractivity (Wildman–Crippen MR) is 51.8 cm³/mol. The molecule has 0 saturated carbocycles. The minimum absolute atomic E-state index is 0.447. The third kappa shape index (κ3) is 3.25. The lowest BCUT2D eigenvalue weighted by atomic mass is 9.94. The van der Waals surface area contributed by atoms with Crippen molar-refractivity contribution in [2.75, 3.05) is 32.8 Å². The average molecular weight is 202 g/mol. The first-order chi connectivity index (χ1) is 6.52. The first-order valence-electron chi connectivity index (χ1n) is 4.82. The van der Waals surface area contributed by atoms with Gasteiger partial charge in [0, 0.05) is 19.6 Å². The van der Waals surface area contributed by atoms with Crippen LogP contribution in [0.4, 0.5) is 0 Å². The van der Waals surface area contributed by atoms with E-state index < -0.39 is 11.4 Å². The van der Waals surface area contributed by atoms with Gasteiger partial charge in [-0.3, -0.25) is 10.2 Å². The summed E-state index contributed by atoms with van der Waals surface area (Å²) in [5.74, 6) is -0.779. The van der Waals surface area contributed by atoms with E-state index in [2.05, 4.69) is 5.43 Å². The van der Waals surface area contributed by atoms with E-state index in [1.807, 2.05) is 5.01 Å². The number of nitrogens with one attached hydrogen (secondary N) is 1. The van der Waals surface area contributed by atoms with E-state index in [1.165, 1.54) is 0 Å². The monoisotopic (exact) mass is 202 g/mol. The van der Waals surface area contributed by atoms with Crippen LogP contribution in [0.25, 0.3) is 0 Å². The van der Waals surface area contributed by atoms with Gasteiger partial charge < -0.3 is 9.84 Å². The maximum atomic E-state index is 10.8. The molecule has 0 aliphatic carbocycles. The molecule has 82 valence electrons. The Hall–Kier alpha value is -0.650. The molecule has 5 heteroatoms.